The lowest BCUT2D eigenvalue weighted by molar-refractivity contribution is 0.549. The molecule has 0 bridgehead atoms. The molecule has 0 spiro atoms. The Morgan fingerprint density at radius 2 is 1.70 bits per heavy atom. The van der Waals surface area contributed by atoms with E-state index in [1.54, 1.807) is 0 Å². The van der Waals surface area contributed by atoms with Gasteiger partial charge in [-0.1, -0.05) is 31.2 Å². The van der Waals surface area contributed by atoms with Crippen molar-refractivity contribution in [2.75, 3.05) is 4.90 Å². The molecule has 0 aliphatic carbocycles. The third-order valence-electron chi connectivity index (χ3n) is 6.57. The van der Waals surface area contributed by atoms with Gasteiger partial charge < -0.3 is 14.8 Å². The fourth-order valence-electron chi connectivity index (χ4n) is 4.57. The van der Waals surface area contributed by atoms with E-state index < -0.39 is 0 Å². The second kappa shape index (κ2) is 8.83. The van der Waals surface area contributed by atoms with Crippen LogP contribution in [-0.2, 0) is 6.42 Å². The van der Waals surface area contributed by atoms with Gasteiger partial charge in [-0.2, -0.15) is 0 Å². The number of nitrogens with zero attached hydrogens (tertiary/aromatic N) is 3. The summed E-state index contributed by atoms with van der Waals surface area (Å²) in [5, 5.41) is 4.28. The van der Waals surface area contributed by atoms with Crippen LogP contribution in [-0.4, -0.2) is 14.7 Å². The van der Waals surface area contributed by atoms with Crippen molar-refractivity contribution in [1.29, 1.82) is 0 Å². The molecule has 2 aromatic carbocycles. The van der Waals surface area contributed by atoms with E-state index in [2.05, 4.69) is 107 Å². The summed E-state index contributed by atoms with van der Waals surface area (Å²) in [6.07, 6.45) is 4.99. The smallest absolute Gasteiger partial charge is 0.174 e. The average Bonchev–Trinajstić information content (AvgIpc) is 3.46. The standard InChI is InChI=1S/C28H28N4S/c1-4-21-11-14-22(15-12-21)32-27(26(30-28(32)33)24-8-5-6-16-29-24)25-9-7-17-31(25)23-13-10-19(2)20(3)18-23/h5-18,26-27H,4H2,1-3H3,(H,30,33)/t26-,27-/m0/s1. The van der Waals surface area contributed by atoms with E-state index in [-0.39, 0.29) is 12.1 Å². The first-order chi connectivity index (χ1) is 16.1. The topological polar surface area (TPSA) is 33.1 Å². The van der Waals surface area contributed by atoms with Gasteiger partial charge in [-0.05, 0) is 97.7 Å². The Balaban J connectivity index is 1.65. The lowest BCUT2D eigenvalue weighted by Gasteiger charge is -2.29. The second-order valence-corrected chi connectivity index (χ2v) is 8.97. The van der Waals surface area contributed by atoms with Gasteiger partial charge in [-0.3, -0.25) is 4.98 Å². The van der Waals surface area contributed by atoms with Crippen LogP contribution in [0.1, 0.15) is 47.1 Å². The van der Waals surface area contributed by atoms with Crippen molar-refractivity contribution in [2.45, 2.75) is 39.3 Å². The number of hydrogen-bond donors (Lipinski definition) is 1. The molecule has 2 aromatic heterocycles. The lowest BCUT2D eigenvalue weighted by Crippen LogP contribution is -2.30. The van der Waals surface area contributed by atoms with Crippen molar-refractivity contribution in [3.63, 3.8) is 0 Å². The predicted molar refractivity (Wildman–Crippen MR) is 139 cm³/mol. The third kappa shape index (κ3) is 3.93. The Hall–Kier alpha value is -3.44. The minimum absolute atomic E-state index is 0.0449. The molecule has 4 nitrogen and oxygen atoms in total. The zero-order valence-corrected chi connectivity index (χ0v) is 20.0. The van der Waals surface area contributed by atoms with Crippen LogP contribution >= 0.6 is 12.2 Å². The van der Waals surface area contributed by atoms with Gasteiger partial charge in [0, 0.05) is 29.5 Å². The fraction of sp³-hybridized carbons (Fsp3) is 0.214. The average molecular weight is 453 g/mol. The highest BCUT2D eigenvalue weighted by atomic mass is 32.1. The van der Waals surface area contributed by atoms with E-state index in [1.807, 2.05) is 18.3 Å². The molecule has 0 saturated carbocycles. The maximum Gasteiger partial charge on any atom is 0.174 e. The highest BCUT2D eigenvalue weighted by Crippen LogP contribution is 2.42. The summed E-state index contributed by atoms with van der Waals surface area (Å²) >= 11 is 5.89. The van der Waals surface area contributed by atoms with Crippen LogP contribution in [0.25, 0.3) is 5.69 Å². The molecule has 1 saturated heterocycles. The lowest BCUT2D eigenvalue weighted by atomic mass is 10.00. The van der Waals surface area contributed by atoms with Crippen LogP contribution in [0.15, 0.2) is 85.2 Å². The fourth-order valence-corrected chi connectivity index (χ4v) is 4.92. The molecule has 33 heavy (non-hydrogen) atoms. The van der Waals surface area contributed by atoms with Crippen LogP contribution in [0, 0.1) is 13.8 Å². The molecule has 5 heteroatoms. The van der Waals surface area contributed by atoms with Crippen LogP contribution in [0.5, 0.6) is 0 Å². The number of anilines is 1. The zero-order chi connectivity index (χ0) is 22.9. The molecule has 3 heterocycles. The summed E-state index contributed by atoms with van der Waals surface area (Å²) in [4.78, 5) is 6.92. The summed E-state index contributed by atoms with van der Waals surface area (Å²) in [5.41, 5.74) is 8.26. The molecule has 0 amide bonds. The molecular weight excluding hydrogens is 424 g/mol. The summed E-state index contributed by atoms with van der Waals surface area (Å²) in [5.74, 6) is 0. The Morgan fingerprint density at radius 3 is 2.39 bits per heavy atom. The zero-order valence-electron chi connectivity index (χ0n) is 19.2. The van der Waals surface area contributed by atoms with Gasteiger partial charge in [0.15, 0.2) is 5.11 Å². The van der Waals surface area contributed by atoms with Gasteiger partial charge in [0.1, 0.15) is 6.04 Å². The molecule has 4 aromatic rings. The Kier molecular flexibility index (Phi) is 5.73. The molecule has 1 N–H and O–H groups in total. The van der Waals surface area contributed by atoms with Crippen molar-refractivity contribution in [1.82, 2.24) is 14.9 Å². The Morgan fingerprint density at radius 1 is 0.909 bits per heavy atom. The minimum atomic E-state index is -0.0650. The molecule has 0 unspecified atom stereocenters. The van der Waals surface area contributed by atoms with Gasteiger partial charge in [-0.25, -0.2) is 0 Å². The molecule has 1 fully saturated rings. The van der Waals surface area contributed by atoms with Crippen molar-refractivity contribution >= 4 is 23.0 Å². The van der Waals surface area contributed by atoms with E-state index in [1.165, 1.54) is 22.4 Å². The van der Waals surface area contributed by atoms with Crippen LogP contribution in [0.4, 0.5) is 5.69 Å². The summed E-state index contributed by atoms with van der Waals surface area (Å²) in [6.45, 7) is 6.48. The summed E-state index contributed by atoms with van der Waals surface area (Å²) < 4.78 is 2.27. The predicted octanol–water partition coefficient (Wildman–Crippen LogP) is 6.23. The Labute approximate surface area is 200 Å². The van der Waals surface area contributed by atoms with Crippen molar-refractivity contribution in [2.24, 2.45) is 0 Å². The van der Waals surface area contributed by atoms with E-state index in [0.29, 0.717) is 5.11 Å². The molecule has 1 aliphatic rings. The molecule has 2 atom stereocenters. The number of aryl methyl sites for hydroxylation is 3. The number of aromatic nitrogens is 2. The van der Waals surface area contributed by atoms with Crippen LogP contribution in [0.2, 0.25) is 0 Å². The minimum Gasteiger partial charge on any atom is -0.351 e. The first kappa shape index (κ1) is 21.4. The normalized spacial score (nSPS) is 17.9. The molecule has 1 aliphatic heterocycles. The van der Waals surface area contributed by atoms with Gasteiger partial charge in [0.2, 0.25) is 0 Å². The maximum atomic E-state index is 5.89. The van der Waals surface area contributed by atoms with E-state index >= 15 is 0 Å². The number of pyridine rings is 1. The molecule has 166 valence electrons. The van der Waals surface area contributed by atoms with Crippen molar-refractivity contribution < 1.29 is 0 Å². The van der Waals surface area contributed by atoms with Crippen molar-refractivity contribution in [3.8, 4) is 5.69 Å². The van der Waals surface area contributed by atoms with Crippen LogP contribution in [0.3, 0.4) is 0 Å². The second-order valence-electron chi connectivity index (χ2n) is 8.59. The van der Waals surface area contributed by atoms with E-state index in [9.17, 15) is 0 Å². The number of rotatable bonds is 5. The Bertz CT molecular complexity index is 1280. The number of thiocarbonyl (C=S) groups is 1. The van der Waals surface area contributed by atoms with Crippen LogP contribution < -0.4 is 10.2 Å². The summed E-state index contributed by atoms with van der Waals surface area (Å²) in [6, 6.07) is 25.6. The number of hydrogen-bond acceptors (Lipinski definition) is 2. The monoisotopic (exact) mass is 452 g/mol. The quantitative estimate of drug-likeness (QED) is 0.364. The first-order valence-corrected chi connectivity index (χ1v) is 11.8. The molecule has 5 rings (SSSR count). The summed E-state index contributed by atoms with van der Waals surface area (Å²) in [7, 11) is 0. The number of benzene rings is 2. The van der Waals surface area contributed by atoms with Gasteiger partial charge in [0.25, 0.3) is 0 Å². The largest absolute Gasteiger partial charge is 0.351 e. The highest BCUT2D eigenvalue weighted by Gasteiger charge is 2.42. The van der Waals surface area contributed by atoms with E-state index in [0.717, 1.165) is 23.5 Å². The van der Waals surface area contributed by atoms with Gasteiger partial charge in [-0.15, -0.1) is 0 Å². The highest BCUT2D eigenvalue weighted by molar-refractivity contribution is 7.80. The van der Waals surface area contributed by atoms with Crippen molar-refractivity contribution in [3.05, 3.63) is 113 Å². The maximum absolute atomic E-state index is 5.89. The van der Waals surface area contributed by atoms with Gasteiger partial charge in [0.05, 0.1) is 11.7 Å². The number of nitrogens with one attached hydrogen (secondary N) is 1. The molecule has 0 radical (unpaired) electrons. The third-order valence-corrected chi connectivity index (χ3v) is 6.89. The SMILES string of the molecule is CCc1ccc(N2C(=S)N[C@@H](c3ccccn3)[C@@H]2c2cccn2-c2ccc(C)c(C)c2)cc1. The van der Waals surface area contributed by atoms with Gasteiger partial charge >= 0.3 is 0 Å². The molecular formula is C28H28N4S. The first-order valence-electron chi connectivity index (χ1n) is 11.4. The van der Waals surface area contributed by atoms with E-state index in [4.69, 9.17) is 12.2 Å².